The minimum Gasteiger partial charge on any atom is -0.468 e. The summed E-state index contributed by atoms with van der Waals surface area (Å²) in [5.74, 6) is -0.717. The fraction of sp³-hybridized carbons (Fsp3) is 0.320. The molecule has 0 unspecified atom stereocenters. The number of methoxy groups -OCH3 is 1. The van der Waals surface area contributed by atoms with Crippen LogP contribution in [0.3, 0.4) is 0 Å². The van der Waals surface area contributed by atoms with Crippen molar-refractivity contribution in [3.05, 3.63) is 65.4 Å². The second kappa shape index (κ2) is 9.53. The lowest BCUT2D eigenvalue weighted by atomic mass is 10.1. The van der Waals surface area contributed by atoms with Crippen molar-refractivity contribution in [2.24, 2.45) is 0 Å². The third kappa shape index (κ3) is 4.39. The first-order valence-electron chi connectivity index (χ1n) is 10.9. The Kier molecular flexibility index (Phi) is 6.55. The number of anilines is 2. The molecule has 6 nitrogen and oxygen atoms in total. The molecule has 0 aliphatic carbocycles. The Labute approximate surface area is 194 Å². The van der Waals surface area contributed by atoms with Gasteiger partial charge in [-0.2, -0.15) is 0 Å². The second-order valence-corrected chi connectivity index (χ2v) is 8.29. The fourth-order valence-electron chi connectivity index (χ4n) is 4.05. The topological polar surface area (TPSA) is 53.1 Å². The number of benzene rings is 2. The lowest BCUT2D eigenvalue weighted by Crippen LogP contribution is -2.35. The van der Waals surface area contributed by atoms with E-state index in [4.69, 9.17) is 17.0 Å². The van der Waals surface area contributed by atoms with Crippen LogP contribution in [0.5, 0.6) is 0 Å². The van der Waals surface area contributed by atoms with Gasteiger partial charge in [0.05, 0.1) is 12.8 Å². The highest BCUT2D eigenvalue weighted by molar-refractivity contribution is 7.80. The van der Waals surface area contributed by atoms with E-state index in [1.807, 2.05) is 36.4 Å². The Morgan fingerprint density at radius 3 is 2.25 bits per heavy atom. The highest BCUT2D eigenvalue weighted by Crippen LogP contribution is 2.30. The molecule has 2 saturated heterocycles. The third-order valence-electron chi connectivity index (χ3n) is 5.92. The number of ether oxygens (including phenoxy) is 1. The van der Waals surface area contributed by atoms with Crippen LogP contribution < -0.4 is 9.80 Å². The van der Waals surface area contributed by atoms with E-state index in [1.165, 1.54) is 36.1 Å². The molecule has 2 aliphatic heterocycles. The van der Waals surface area contributed by atoms with Gasteiger partial charge in [0.15, 0.2) is 5.11 Å². The van der Waals surface area contributed by atoms with Crippen LogP contribution in [0.15, 0.2) is 54.2 Å². The average Bonchev–Trinajstić information content (AvgIpc) is 3.43. The monoisotopic (exact) mass is 449 g/mol. The van der Waals surface area contributed by atoms with Gasteiger partial charge in [-0.3, -0.25) is 14.5 Å². The van der Waals surface area contributed by atoms with E-state index in [0.717, 1.165) is 25.1 Å². The van der Waals surface area contributed by atoms with E-state index in [0.29, 0.717) is 11.4 Å². The lowest BCUT2D eigenvalue weighted by Gasteiger charge is -2.19. The van der Waals surface area contributed by atoms with Gasteiger partial charge < -0.3 is 14.5 Å². The molecule has 0 bridgehead atoms. The Hall–Kier alpha value is -3.19. The molecule has 4 rings (SSSR count). The maximum Gasteiger partial charge on any atom is 0.325 e. The largest absolute Gasteiger partial charge is 0.468 e. The maximum atomic E-state index is 13.4. The van der Waals surface area contributed by atoms with Crippen LogP contribution in [0.1, 0.15) is 30.9 Å². The summed E-state index contributed by atoms with van der Waals surface area (Å²) in [6.07, 6.45) is 5.13. The van der Waals surface area contributed by atoms with E-state index in [-0.39, 0.29) is 17.6 Å². The molecule has 0 N–H and O–H groups in total. The summed E-state index contributed by atoms with van der Waals surface area (Å²) in [7, 11) is 1.32. The summed E-state index contributed by atoms with van der Waals surface area (Å²) < 4.78 is 4.84. The molecule has 166 valence electrons. The minimum atomic E-state index is -0.460. The number of nitrogens with zero attached hydrogens (tertiary/aromatic N) is 3. The predicted octanol–water partition coefficient (Wildman–Crippen LogP) is 4.00. The smallest absolute Gasteiger partial charge is 0.325 e. The van der Waals surface area contributed by atoms with E-state index >= 15 is 0 Å². The van der Waals surface area contributed by atoms with Crippen LogP contribution in [-0.2, 0) is 20.7 Å². The number of thiocarbonyl (C=S) groups is 1. The van der Waals surface area contributed by atoms with E-state index in [2.05, 4.69) is 24.0 Å². The molecule has 2 heterocycles. The molecule has 2 aliphatic rings. The zero-order valence-corrected chi connectivity index (χ0v) is 19.2. The Morgan fingerprint density at radius 1 is 1.03 bits per heavy atom. The maximum absolute atomic E-state index is 13.4. The lowest BCUT2D eigenvalue weighted by molar-refractivity contribution is -0.140. The number of hydrogen-bond donors (Lipinski definition) is 0. The Balaban J connectivity index is 1.66. The molecular weight excluding hydrogens is 422 g/mol. The normalized spacial score (nSPS) is 17.6. The van der Waals surface area contributed by atoms with Crippen molar-refractivity contribution < 1.29 is 14.3 Å². The summed E-state index contributed by atoms with van der Waals surface area (Å²) >= 11 is 5.61. The van der Waals surface area contributed by atoms with Gasteiger partial charge in [-0.15, -0.1) is 0 Å². The summed E-state index contributed by atoms with van der Waals surface area (Å²) in [6.45, 7) is 4.11. The molecule has 1 amide bonds. The van der Waals surface area contributed by atoms with Crippen molar-refractivity contribution in [2.45, 2.75) is 26.2 Å². The van der Waals surface area contributed by atoms with Gasteiger partial charge in [0.1, 0.15) is 12.2 Å². The SMILES string of the molecule is CCc1ccc(N2C(=O)/C(=C/c3ccc(N4CCCC4)cc3)N(CC(=O)OC)C2=S)cc1. The number of esters is 1. The zero-order chi connectivity index (χ0) is 22.7. The number of carbonyl (C=O) groups is 2. The van der Waals surface area contributed by atoms with E-state index in [9.17, 15) is 9.59 Å². The zero-order valence-electron chi connectivity index (χ0n) is 18.4. The van der Waals surface area contributed by atoms with Gasteiger partial charge in [0.2, 0.25) is 0 Å². The summed E-state index contributed by atoms with van der Waals surface area (Å²) in [6, 6.07) is 15.9. The van der Waals surface area contributed by atoms with Crippen molar-refractivity contribution in [1.29, 1.82) is 0 Å². The average molecular weight is 450 g/mol. The summed E-state index contributed by atoms with van der Waals surface area (Å²) in [4.78, 5) is 30.8. The first-order chi connectivity index (χ1) is 15.5. The number of aryl methyl sites for hydroxylation is 1. The molecule has 0 spiro atoms. The predicted molar refractivity (Wildman–Crippen MR) is 130 cm³/mol. The van der Waals surface area contributed by atoms with Gasteiger partial charge in [-0.1, -0.05) is 31.2 Å². The van der Waals surface area contributed by atoms with Crippen molar-refractivity contribution in [3.63, 3.8) is 0 Å². The summed E-state index contributed by atoms with van der Waals surface area (Å²) in [5.41, 5.74) is 4.26. The van der Waals surface area contributed by atoms with E-state index in [1.54, 1.807) is 11.0 Å². The standard InChI is InChI=1S/C25H27N3O3S/c1-3-18-6-12-21(13-7-18)28-24(30)22(27(25(28)32)17-23(29)31-2)16-19-8-10-20(11-9-19)26-14-4-5-15-26/h6-13,16H,3-5,14-15,17H2,1-2H3/b22-16-. The quantitative estimate of drug-likeness (QED) is 0.378. The molecule has 0 saturated carbocycles. The molecule has 32 heavy (non-hydrogen) atoms. The number of rotatable bonds is 6. The van der Waals surface area contributed by atoms with Gasteiger partial charge in [-0.25, -0.2) is 0 Å². The molecular formula is C25H27N3O3S. The number of hydrogen-bond acceptors (Lipinski definition) is 5. The van der Waals surface area contributed by atoms with Crippen molar-refractivity contribution in [2.75, 3.05) is 36.5 Å². The van der Waals surface area contributed by atoms with Crippen LogP contribution in [-0.4, -0.2) is 48.6 Å². The van der Waals surface area contributed by atoms with Gasteiger partial charge in [-0.05, 0) is 72.9 Å². The highest BCUT2D eigenvalue weighted by atomic mass is 32.1. The van der Waals surface area contributed by atoms with Crippen LogP contribution in [0, 0.1) is 0 Å². The van der Waals surface area contributed by atoms with Gasteiger partial charge >= 0.3 is 5.97 Å². The van der Waals surface area contributed by atoms with Crippen LogP contribution >= 0.6 is 12.2 Å². The van der Waals surface area contributed by atoms with Crippen LogP contribution in [0.4, 0.5) is 11.4 Å². The molecule has 0 radical (unpaired) electrons. The van der Waals surface area contributed by atoms with Gasteiger partial charge in [0.25, 0.3) is 5.91 Å². The first kappa shape index (κ1) is 22.0. The third-order valence-corrected chi connectivity index (χ3v) is 6.32. The van der Waals surface area contributed by atoms with E-state index < -0.39 is 5.97 Å². The highest BCUT2D eigenvalue weighted by Gasteiger charge is 2.40. The molecule has 0 aromatic heterocycles. The number of carbonyl (C=O) groups excluding carboxylic acids is 2. The summed E-state index contributed by atoms with van der Waals surface area (Å²) in [5, 5.41) is 0.268. The molecule has 2 aromatic rings. The van der Waals surface area contributed by atoms with Crippen LogP contribution in [0.25, 0.3) is 6.08 Å². The minimum absolute atomic E-state index is 0.123. The first-order valence-corrected chi connectivity index (χ1v) is 11.3. The second-order valence-electron chi connectivity index (χ2n) is 7.92. The molecule has 2 fully saturated rings. The Morgan fingerprint density at radius 2 is 1.66 bits per heavy atom. The van der Waals surface area contributed by atoms with Crippen molar-refractivity contribution in [1.82, 2.24) is 4.90 Å². The number of amides is 1. The molecule has 2 aromatic carbocycles. The molecule has 0 atom stereocenters. The fourth-order valence-corrected chi connectivity index (χ4v) is 4.40. The van der Waals surface area contributed by atoms with Gasteiger partial charge in [0, 0.05) is 18.8 Å². The van der Waals surface area contributed by atoms with Crippen LogP contribution in [0.2, 0.25) is 0 Å². The molecule has 7 heteroatoms. The Bertz CT molecular complexity index is 1040. The van der Waals surface area contributed by atoms with Crippen molar-refractivity contribution >= 4 is 46.7 Å². The van der Waals surface area contributed by atoms with Crippen molar-refractivity contribution in [3.8, 4) is 0 Å².